The van der Waals surface area contributed by atoms with E-state index in [1.54, 1.807) is 48.5 Å². The van der Waals surface area contributed by atoms with Crippen LogP contribution in [-0.4, -0.2) is 24.9 Å². The molecule has 0 saturated heterocycles. The van der Waals surface area contributed by atoms with Gasteiger partial charge in [0.2, 0.25) is 0 Å². The second-order valence-corrected chi connectivity index (χ2v) is 5.96. The van der Waals surface area contributed by atoms with Crippen LogP contribution in [0.1, 0.15) is 17.0 Å². The van der Waals surface area contributed by atoms with Crippen molar-refractivity contribution < 1.29 is 19.7 Å². The highest BCUT2D eigenvalue weighted by Gasteiger charge is 2.21. The summed E-state index contributed by atoms with van der Waals surface area (Å²) in [6.45, 7) is 0.0273. The summed E-state index contributed by atoms with van der Waals surface area (Å²) in [4.78, 5) is 37.6. The molecule has 1 heterocycles. The molecule has 0 amide bonds. The van der Waals surface area contributed by atoms with Gasteiger partial charge in [0.25, 0.3) is 11.6 Å². The number of H-pyrrole nitrogens is 1. The average Bonchev–Trinajstić information content (AvgIpc) is 2.71. The molecule has 1 aromatic heterocycles. The molecule has 30 heavy (non-hydrogen) atoms. The number of aromatic hydroxyl groups is 1. The second-order valence-electron chi connectivity index (χ2n) is 5.96. The van der Waals surface area contributed by atoms with Gasteiger partial charge in [0, 0.05) is 6.07 Å². The van der Waals surface area contributed by atoms with Crippen molar-refractivity contribution in [3.05, 3.63) is 96.1 Å². The van der Waals surface area contributed by atoms with Crippen molar-refractivity contribution in [1.82, 2.24) is 9.97 Å². The summed E-state index contributed by atoms with van der Waals surface area (Å²) < 4.78 is 5.58. The van der Waals surface area contributed by atoms with Crippen LogP contribution in [0.25, 0.3) is 12.2 Å². The van der Waals surface area contributed by atoms with Crippen LogP contribution in [0.5, 0.6) is 11.6 Å². The maximum absolute atomic E-state index is 11.6. The molecule has 11 heteroatoms. The van der Waals surface area contributed by atoms with E-state index in [1.807, 2.05) is 0 Å². The first-order valence-corrected chi connectivity index (χ1v) is 8.46. The first-order valence-electron chi connectivity index (χ1n) is 8.46. The van der Waals surface area contributed by atoms with E-state index in [4.69, 9.17) is 4.74 Å². The number of nitro groups is 2. The minimum atomic E-state index is -1.06. The molecule has 0 unspecified atom stereocenters. The highest BCUT2D eigenvalue weighted by molar-refractivity contribution is 5.67. The lowest BCUT2D eigenvalue weighted by atomic mass is 10.2. The van der Waals surface area contributed by atoms with Gasteiger partial charge in [0.05, 0.1) is 15.4 Å². The minimum Gasteiger partial charge on any atom is -0.489 e. The van der Waals surface area contributed by atoms with E-state index < -0.39 is 27.0 Å². The number of hydrogen-bond acceptors (Lipinski definition) is 8. The Morgan fingerprint density at radius 2 is 1.73 bits per heavy atom. The average molecular weight is 410 g/mol. The van der Waals surface area contributed by atoms with Crippen LogP contribution in [0, 0.1) is 20.2 Å². The number of ether oxygens (including phenoxy) is 1. The molecule has 11 nitrogen and oxygen atoms in total. The van der Waals surface area contributed by atoms with E-state index in [9.17, 15) is 30.1 Å². The van der Waals surface area contributed by atoms with Gasteiger partial charge in [-0.1, -0.05) is 30.3 Å². The zero-order valence-electron chi connectivity index (χ0n) is 15.2. The number of nitrogens with zero attached hydrogens (tertiary/aromatic N) is 3. The summed E-state index contributed by atoms with van der Waals surface area (Å²) in [6, 6.07) is 13.0. The van der Waals surface area contributed by atoms with Gasteiger partial charge in [-0.25, -0.2) is 0 Å². The van der Waals surface area contributed by atoms with Gasteiger partial charge in [0.1, 0.15) is 18.2 Å². The maximum Gasteiger partial charge on any atom is 0.395 e. The third-order valence-electron chi connectivity index (χ3n) is 3.97. The predicted molar refractivity (Wildman–Crippen MR) is 106 cm³/mol. The van der Waals surface area contributed by atoms with Gasteiger partial charge < -0.3 is 14.8 Å². The molecule has 0 bridgehead atoms. The molecule has 3 rings (SSSR count). The molecular weight excluding hydrogens is 396 g/mol. The molecule has 0 fully saturated rings. The van der Waals surface area contributed by atoms with E-state index >= 15 is 0 Å². The first-order chi connectivity index (χ1) is 14.3. The van der Waals surface area contributed by atoms with Crippen molar-refractivity contribution in [1.29, 1.82) is 0 Å². The molecule has 2 N–H and O–H groups in total. The number of benzene rings is 2. The van der Waals surface area contributed by atoms with E-state index in [2.05, 4.69) is 9.97 Å². The van der Waals surface area contributed by atoms with Crippen LogP contribution in [0.4, 0.5) is 11.4 Å². The lowest BCUT2D eigenvalue weighted by Gasteiger charge is -2.07. The summed E-state index contributed by atoms with van der Waals surface area (Å²) in [6.07, 6.45) is 2.93. The summed E-state index contributed by atoms with van der Waals surface area (Å²) >= 11 is 0. The number of nitro benzene ring substituents is 1. The minimum absolute atomic E-state index is 0.0232. The van der Waals surface area contributed by atoms with Crippen molar-refractivity contribution in [3.8, 4) is 11.6 Å². The zero-order chi connectivity index (χ0) is 21.7. The van der Waals surface area contributed by atoms with Gasteiger partial charge in [-0.15, -0.1) is 0 Å². The molecule has 2 aromatic carbocycles. The Balaban J connectivity index is 1.69. The second kappa shape index (κ2) is 8.65. The van der Waals surface area contributed by atoms with Crippen LogP contribution in [0.2, 0.25) is 0 Å². The monoisotopic (exact) mass is 410 g/mol. The highest BCUT2D eigenvalue weighted by atomic mass is 16.6. The first kappa shape index (κ1) is 20.2. The Kier molecular flexibility index (Phi) is 5.82. The van der Waals surface area contributed by atoms with Crippen molar-refractivity contribution in [3.63, 3.8) is 0 Å². The largest absolute Gasteiger partial charge is 0.489 e. The summed E-state index contributed by atoms with van der Waals surface area (Å²) in [5, 5.41) is 31.2. The Bertz CT molecular complexity index is 1190. The third-order valence-corrected chi connectivity index (χ3v) is 3.97. The molecule has 0 aliphatic carbocycles. The van der Waals surface area contributed by atoms with E-state index in [0.29, 0.717) is 16.9 Å². The Hall–Kier alpha value is -4.54. The van der Waals surface area contributed by atoms with Gasteiger partial charge in [-0.2, -0.15) is 4.98 Å². The number of para-hydroxylation sites is 1. The topological polar surface area (TPSA) is 161 Å². The molecule has 152 valence electrons. The zero-order valence-corrected chi connectivity index (χ0v) is 15.2. The normalized spacial score (nSPS) is 10.8. The third kappa shape index (κ3) is 4.65. The van der Waals surface area contributed by atoms with Crippen LogP contribution < -0.4 is 10.3 Å². The smallest absolute Gasteiger partial charge is 0.395 e. The SMILES string of the molecule is O=c1[nH]c(/C=C/c2ccc(OCc3ccccc3[N+](=O)[O-])cc2)nc(O)c1[N+](=O)[O-]. The fourth-order valence-electron chi connectivity index (χ4n) is 2.54. The molecule has 0 atom stereocenters. The van der Waals surface area contributed by atoms with Crippen molar-refractivity contribution in [2.75, 3.05) is 0 Å². The lowest BCUT2D eigenvalue weighted by molar-refractivity contribution is -0.387. The van der Waals surface area contributed by atoms with Gasteiger partial charge in [-0.05, 0) is 29.8 Å². The Morgan fingerprint density at radius 3 is 2.37 bits per heavy atom. The molecule has 3 aromatic rings. The summed E-state index contributed by atoms with van der Waals surface area (Å²) in [5.41, 5.74) is -0.976. The lowest BCUT2D eigenvalue weighted by Crippen LogP contribution is -2.14. The molecule has 0 aliphatic heterocycles. The van der Waals surface area contributed by atoms with Gasteiger partial charge in [0.15, 0.2) is 0 Å². The van der Waals surface area contributed by atoms with E-state index in [1.165, 1.54) is 12.1 Å². The quantitative estimate of drug-likeness (QED) is 0.443. The number of aromatic amines is 1. The summed E-state index contributed by atoms with van der Waals surface area (Å²) in [5.74, 6) is -0.535. The van der Waals surface area contributed by atoms with Gasteiger partial charge >= 0.3 is 11.2 Å². The standard InChI is InChI=1S/C19H14N4O7/c24-18-17(23(28)29)19(25)21-16(20-18)10-7-12-5-8-14(9-6-12)30-11-13-3-1-2-4-15(13)22(26)27/h1-10H,11H2,(H2,20,21,24,25)/b10-7+. The predicted octanol–water partition coefficient (Wildman–Crippen LogP) is 3.04. The number of hydrogen-bond donors (Lipinski definition) is 2. The van der Waals surface area contributed by atoms with Crippen molar-refractivity contribution >= 4 is 23.5 Å². The summed E-state index contributed by atoms with van der Waals surface area (Å²) in [7, 11) is 0. The number of aromatic nitrogens is 2. The highest BCUT2D eigenvalue weighted by Crippen LogP contribution is 2.21. The number of nitrogens with one attached hydrogen (secondary N) is 1. The Labute approximate surface area is 168 Å². The fraction of sp³-hybridized carbons (Fsp3) is 0.0526. The van der Waals surface area contributed by atoms with E-state index in [-0.39, 0.29) is 18.1 Å². The fourth-order valence-corrected chi connectivity index (χ4v) is 2.54. The van der Waals surface area contributed by atoms with Crippen molar-refractivity contribution in [2.24, 2.45) is 0 Å². The molecule has 0 aliphatic rings. The molecule has 0 radical (unpaired) electrons. The van der Waals surface area contributed by atoms with Crippen LogP contribution in [0.3, 0.4) is 0 Å². The molecular formula is C19H14N4O7. The maximum atomic E-state index is 11.6. The van der Waals surface area contributed by atoms with Crippen LogP contribution in [-0.2, 0) is 6.61 Å². The van der Waals surface area contributed by atoms with Gasteiger partial charge in [-0.3, -0.25) is 25.0 Å². The number of rotatable bonds is 7. The Morgan fingerprint density at radius 1 is 1.03 bits per heavy atom. The molecule has 0 saturated carbocycles. The molecule has 0 spiro atoms. The van der Waals surface area contributed by atoms with Crippen molar-refractivity contribution in [2.45, 2.75) is 6.61 Å². The van der Waals surface area contributed by atoms with E-state index in [0.717, 1.165) is 0 Å². The van der Waals surface area contributed by atoms with Crippen LogP contribution in [0.15, 0.2) is 53.3 Å². The van der Waals surface area contributed by atoms with Crippen LogP contribution >= 0.6 is 0 Å².